The van der Waals surface area contributed by atoms with Gasteiger partial charge in [0.05, 0.1) is 19.8 Å². The van der Waals surface area contributed by atoms with Crippen molar-refractivity contribution in [3.63, 3.8) is 0 Å². The Bertz CT molecular complexity index is 1610. The minimum absolute atomic E-state index is 0.0911. The average molecular weight is 1090 g/mol. The Morgan fingerprint density at radius 1 is 0.429 bits per heavy atom. The first kappa shape index (κ1) is 70.0. The van der Waals surface area contributed by atoms with Gasteiger partial charge in [0, 0.05) is 12.8 Å². The SMILES string of the molecule is CC/C=C/C/C=C/C/C=C/C/C=C/C/C=C/C/C=C/CCC(=O)OC[C@H](CO[C@H]1O[C@@H](CO[C@H]2O[C@@H](CO)[C@@H](O)C(O)C2O)[C@@H](O)C(O)C1O)OC(=O)CCCCCCCCCCCCCCCCCCCCCCCC. The second-order valence-electron chi connectivity index (χ2n) is 20.8. The molecule has 0 amide bonds. The van der Waals surface area contributed by atoms with Gasteiger partial charge in [0.1, 0.15) is 55.4 Å². The molecule has 77 heavy (non-hydrogen) atoms. The van der Waals surface area contributed by atoms with E-state index in [1.54, 1.807) is 0 Å². The maximum atomic E-state index is 13.1. The molecule has 0 aromatic carbocycles. The lowest BCUT2D eigenvalue weighted by atomic mass is 9.98. The van der Waals surface area contributed by atoms with E-state index in [1.807, 2.05) is 12.2 Å². The molecule has 0 saturated carbocycles. The molecule has 0 aromatic rings. The number of aliphatic hydroxyl groups is 7. The molecule has 2 saturated heterocycles. The van der Waals surface area contributed by atoms with Crippen molar-refractivity contribution >= 4 is 11.9 Å². The van der Waals surface area contributed by atoms with E-state index in [4.69, 9.17) is 28.4 Å². The molecule has 2 fully saturated rings. The quantitative estimate of drug-likeness (QED) is 0.0171. The zero-order valence-electron chi connectivity index (χ0n) is 47.4. The summed E-state index contributed by atoms with van der Waals surface area (Å²) in [6.07, 6.45) is 42.3. The molecule has 4 unspecified atom stereocenters. The summed E-state index contributed by atoms with van der Waals surface area (Å²) >= 11 is 0. The largest absolute Gasteiger partial charge is 0.462 e. The van der Waals surface area contributed by atoms with Crippen LogP contribution < -0.4 is 0 Å². The summed E-state index contributed by atoms with van der Waals surface area (Å²) in [5.41, 5.74) is 0. The molecule has 444 valence electrons. The van der Waals surface area contributed by atoms with Crippen LogP contribution >= 0.6 is 0 Å². The number of rotatable bonds is 47. The van der Waals surface area contributed by atoms with Crippen LogP contribution in [0, 0.1) is 0 Å². The van der Waals surface area contributed by atoms with Gasteiger partial charge in [-0.25, -0.2) is 0 Å². The van der Waals surface area contributed by atoms with Gasteiger partial charge < -0.3 is 64.2 Å². The van der Waals surface area contributed by atoms with Crippen LogP contribution in [0.15, 0.2) is 72.9 Å². The summed E-state index contributed by atoms with van der Waals surface area (Å²) in [4.78, 5) is 25.9. The molecule has 0 aliphatic carbocycles. The molecule has 0 radical (unpaired) electrons. The van der Waals surface area contributed by atoms with Crippen LogP contribution in [0.1, 0.15) is 213 Å². The molecule has 15 heteroatoms. The van der Waals surface area contributed by atoms with E-state index < -0.39 is 99.3 Å². The maximum absolute atomic E-state index is 13.1. The number of carbonyl (C=O) groups is 2. The van der Waals surface area contributed by atoms with E-state index in [0.717, 1.165) is 57.8 Å². The number of allylic oxidation sites excluding steroid dienone is 12. The van der Waals surface area contributed by atoms with Crippen LogP contribution in [0.25, 0.3) is 0 Å². The highest BCUT2D eigenvalue weighted by Gasteiger charge is 2.47. The van der Waals surface area contributed by atoms with E-state index >= 15 is 0 Å². The third-order valence-corrected chi connectivity index (χ3v) is 14.0. The van der Waals surface area contributed by atoms with Crippen molar-refractivity contribution in [2.24, 2.45) is 0 Å². The summed E-state index contributed by atoms with van der Waals surface area (Å²) in [5.74, 6) is -1.02. The Labute approximate surface area is 463 Å². The summed E-state index contributed by atoms with van der Waals surface area (Å²) in [6, 6.07) is 0. The molecule has 0 bridgehead atoms. The van der Waals surface area contributed by atoms with Gasteiger partial charge in [-0.1, -0.05) is 222 Å². The highest BCUT2D eigenvalue weighted by atomic mass is 16.7. The number of esters is 2. The first-order chi connectivity index (χ1) is 37.5. The predicted octanol–water partition coefficient (Wildman–Crippen LogP) is 10.6. The standard InChI is InChI=1S/C62H106O15/c1-3-5-7-9-11-13-15-17-19-21-23-24-25-27-29-31-33-35-37-39-41-43-45-54(65)75-50(47-72-53(64)44-42-40-38-36-34-32-30-28-26-22-20-18-16-14-12-10-8-6-4-2)48-73-61-60(71)58(69)56(67)52(77-61)49-74-62-59(70)57(68)55(66)51(46-63)76-62/h6,8,12,14,18,20,26,28,32,34,38,40,50-52,55-63,66-71H,3-5,7,9-11,13,15-17,19,21-25,27,29-31,33,35-37,39,41-49H2,1-2H3/b8-6+,14-12+,20-18+,28-26+,34-32+,40-38+/t50-,51+,52+,55-,56-,57?,58?,59?,60?,61+,62+/m1/s1. The fourth-order valence-corrected chi connectivity index (χ4v) is 9.13. The first-order valence-electron chi connectivity index (χ1n) is 30.0. The van der Waals surface area contributed by atoms with Crippen molar-refractivity contribution in [1.82, 2.24) is 0 Å². The highest BCUT2D eigenvalue weighted by molar-refractivity contribution is 5.70. The van der Waals surface area contributed by atoms with Gasteiger partial charge in [0.2, 0.25) is 0 Å². The Kier molecular flexibility index (Phi) is 43.4. The lowest BCUT2D eigenvalue weighted by molar-refractivity contribution is -0.332. The monoisotopic (exact) mass is 1090 g/mol. The predicted molar refractivity (Wildman–Crippen MR) is 303 cm³/mol. The van der Waals surface area contributed by atoms with Crippen LogP contribution in [0.4, 0.5) is 0 Å². The molecule has 2 aliphatic heterocycles. The van der Waals surface area contributed by atoms with Gasteiger partial charge in [-0.3, -0.25) is 9.59 Å². The number of hydrogen-bond acceptors (Lipinski definition) is 15. The number of ether oxygens (including phenoxy) is 6. The lowest BCUT2D eigenvalue weighted by Gasteiger charge is -2.42. The Balaban J connectivity index is 1.76. The van der Waals surface area contributed by atoms with E-state index in [2.05, 4.69) is 74.6 Å². The van der Waals surface area contributed by atoms with E-state index in [9.17, 15) is 45.3 Å². The maximum Gasteiger partial charge on any atom is 0.306 e. The normalized spacial score (nSPS) is 24.7. The van der Waals surface area contributed by atoms with Crippen molar-refractivity contribution in [3.05, 3.63) is 72.9 Å². The van der Waals surface area contributed by atoms with Crippen molar-refractivity contribution < 1.29 is 73.8 Å². The minimum atomic E-state index is -1.78. The van der Waals surface area contributed by atoms with Crippen LogP contribution in [0.3, 0.4) is 0 Å². The van der Waals surface area contributed by atoms with Crippen LogP contribution in [-0.2, 0) is 38.0 Å². The fraction of sp³-hybridized carbons (Fsp3) is 0.774. The Morgan fingerprint density at radius 3 is 1.26 bits per heavy atom. The van der Waals surface area contributed by atoms with E-state index in [-0.39, 0.29) is 19.4 Å². The molecule has 2 aliphatic rings. The average Bonchev–Trinajstić information content (AvgIpc) is 3.43. The van der Waals surface area contributed by atoms with Gasteiger partial charge in [-0.2, -0.15) is 0 Å². The summed E-state index contributed by atoms with van der Waals surface area (Å²) < 4.78 is 33.6. The van der Waals surface area contributed by atoms with Crippen LogP contribution in [-0.4, -0.2) is 142 Å². The van der Waals surface area contributed by atoms with Gasteiger partial charge in [-0.05, 0) is 51.4 Å². The minimum Gasteiger partial charge on any atom is -0.462 e. The van der Waals surface area contributed by atoms with Crippen LogP contribution in [0.2, 0.25) is 0 Å². The molecule has 2 heterocycles. The van der Waals surface area contributed by atoms with Gasteiger partial charge in [0.25, 0.3) is 0 Å². The van der Waals surface area contributed by atoms with Crippen molar-refractivity contribution in [3.8, 4) is 0 Å². The number of aliphatic hydroxyl groups excluding tert-OH is 7. The number of hydrogen-bond donors (Lipinski definition) is 7. The molecular formula is C62H106O15. The van der Waals surface area contributed by atoms with Gasteiger partial charge >= 0.3 is 11.9 Å². The highest BCUT2D eigenvalue weighted by Crippen LogP contribution is 2.27. The fourth-order valence-electron chi connectivity index (χ4n) is 9.13. The summed E-state index contributed by atoms with van der Waals surface area (Å²) in [5, 5.41) is 72.3. The van der Waals surface area contributed by atoms with Crippen molar-refractivity contribution in [2.75, 3.05) is 26.4 Å². The summed E-state index contributed by atoms with van der Waals surface area (Å²) in [6.45, 7) is 2.43. The number of unbranched alkanes of at least 4 members (excludes halogenated alkanes) is 21. The topological polar surface area (TPSA) is 231 Å². The van der Waals surface area contributed by atoms with E-state index in [0.29, 0.717) is 12.8 Å². The molecule has 0 aromatic heterocycles. The third kappa shape index (κ3) is 34.6. The number of carbonyl (C=O) groups excluding carboxylic acids is 2. The molecule has 15 nitrogen and oxygen atoms in total. The molecular weight excluding hydrogens is 985 g/mol. The Morgan fingerprint density at radius 2 is 0.818 bits per heavy atom. The smallest absolute Gasteiger partial charge is 0.306 e. The second kappa shape index (κ2) is 47.7. The molecule has 0 spiro atoms. The molecule has 2 rings (SSSR count). The molecule has 7 N–H and O–H groups in total. The third-order valence-electron chi connectivity index (χ3n) is 14.0. The van der Waals surface area contributed by atoms with Crippen LogP contribution in [0.5, 0.6) is 0 Å². The lowest BCUT2D eigenvalue weighted by Crippen LogP contribution is -2.61. The zero-order chi connectivity index (χ0) is 56.0. The summed E-state index contributed by atoms with van der Waals surface area (Å²) in [7, 11) is 0. The van der Waals surface area contributed by atoms with Crippen molar-refractivity contribution in [2.45, 2.75) is 280 Å². The first-order valence-corrected chi connectivity index (χ1v) is 30.0. The van der Waals surface area contributed by atoms with E-state index in [1.165, 1.54) is 116 Å². The second-order valence-corrected chi connectivity index (χ2v) is 20.8. The van der Waals surface area contributed by atoms with Gasteiger partial charge in [0.15, 0.2) is 18.7 Å². The Hall–Kier alpha value is -3.06. The zero-order valence-corrected chi connectivity index (χ0v) is 47.4. The molecule has 11 atom stereocenters. The van der Waals surface area contributed by atoms with Gasteiger partial charge in [-0.15, -0.1) is 0 Å². The van der Waals surface area contributed by atoms with Crippen molar-refractivity contribution in [1.29, 1.82) is 0 Å².